The van der Waals surface area contributed by atoms with Crippen molar-refractivity contribution in [3.63, 3.8) is 0 Å². The minimum Gasteiger partial charge on any atom is -0.338 e. The summed E-state index contributed by atoms with van der Waals surface area (Å²) in [6.07, 6.45) is 6.32. The van der Waals surface area contributed by atoms with Crippen molar-refractivity contribution in [3.05, 3.63) is 23.8 Å². The Hall–Kier alpha value is -2.02. The fourth-order valence-corrected chi connectivity index (χ4v) is 3.89. The summed E-state index contributed by atoms with van der Waals surface area (Å²) >= 11 is 0. The van der Waals surface area contributed by atoms with Gasteiger partial charge in [0.1, 0.15) is 5.82 Å². The summed E-state index contributed by atoms with van der Waals surface area (Å²) in [6.45, 7) is 4.93. The van der Waals surface area contributed by atoms with Gasteiger partial charge >= 0.3 is 0 Å². The van der Waals surface area contributed by atoms with Crippen LogP contribution in [-0.2, 0) is 11.2 Å². The van der Waals surface area contributed by atoms with Crippen LogP contribution >= 0.6 is 0 Å². The van der Waals surface area contributed by atoms with E-state index in [0.29, 0.717) is 31.0 Å². The largest absolute Gasteiger partial charge is 0.338 e. The van der Waals surface area contributed by atoms with Crippen LogP contribution in [-0.4, -0.2) is 70.9 Å². The van der Waals surface area contributed by atoms with Crippen LogP contribution in [0.3, 0.4) is 0 Å². The third-order valence-electron chi connectivity index (χ3n) is 5.30. The number of piperidine rings is 2. The number of hydrogen-bond donors (Lipinski definition) is 1. The summed E-state index contributed by atoms with van der Waals surface area (Å²) < 4.78 is 0. The maximum atomic E-state index is 12.7. The second-order valence-corrected chi connectivity index (χ2v) is 6.84. The second kappa shape index (κ2) is 7.91. The first kappa shape index (κ1) is 17.8. The van der Waals surface area contributed by atoms with E-state index in [0.717, 1.165) is 38.2 Å². The van der Waals surface area contributed by atoms with Gasteiger partial charge in [0.25, 0.3) is 5.91 Å². The van der Waals surface area contributed by atoms with E-state index in [1.54, 1.807) is 12.4 Å². The lowest BCUT2D eigenvalue weighted by molar-refractivity contribution is -0.140. The number of amides is 2. The minimum absolute atomic E-state index is 0.000206. The standard InChI is InChI=1S/C18H27N5O2/c1-3-16-20-10-14(11-21-16)18(25)22-8-6-15-13(12-22)4-5-17(24)23(15)9-7-19-2/h10-11,13,15,19H,3-9,12H2,1-2H3/t13-,15+/m0/s1. The van der Waals surface area contributed by atoms with Crippen LogP contribution in [0.4, 0.5) is 0 Å². The molecule has 3 heterocycles. The highest BCUT2D eigenvalue weighted by molar-refractivity contribution is 5.93. The van der Waals surface area contributed by atoms with Crippen molar-refractivity contribution in [3.8, 4) is 0 Å². The van der Waals surface area contributed by atoms with Gasteiger partial charge in [-0.1, -0.05) is 6.92 Å². The number of carbonyl (C=O) groups is 2. The van der Waals surface area contributed by atoms with E-state index in [-0.39, 0.29) is 17.9 Å². The van der Waals surface area contributed by atoms with E-state index in [9.17, 15) is 9.59 Å². The highest BCUT2D eigenvalue weighted by atomic mass is 16.2. The van der Waals surface area contributed by atoms with Crippen molar-refractivity contribution in [2.24, 2.45) is 5.92 Å². The Balaban J connectivity index is 1.66. The number of likely N-dealkylation sites (tertiary alicyclic amines) is 2. The molecule has 0 aliphatic carbocycles. The summed E-state index contributed by atoms with van der Waals surface area (Å²) in [6, 6.07) is 0.261. The number of nitrogens with one attached hydrogen (secondary N) is 1. The molecule has 1 aromatic heterocycles. The summed E-state index contributed by atoms with van der Waals surface area (Å²) in [5.74, 6) is 1.36. The van der Waals surface area contributed by atoms with Crippen molar-refractivity contribution in [1.29, 1.82) is 0 Å². The molecule has 0 unspecified atom stereocenters. The van der Waals surface area contributed by atoms with E-state index < -0.39 is 0 Å². The lowest BCUT2D eigenvalue weighted by Crippen LogP contribution is -2.57. The molecule has 2 saturated heterocycles. The molecule has 1 aromatic rings. The van der Waals surface area contributed by atoms with Crippen LogP contribution < -0.4 is 5.32 Å². The van der Waals surface area contributed by atoms with E-state index in [4.69, 9.17) is 0 Å². The molecule has 136 valence electrons. The first-order valence-electron chi connectivity index (χ1n) is 9.18. The Morgan fingerprint density at radius 2 is 2.08 bits per heavy atom. The van der Waals surface area contributed by atoms with Gasteiger partial charge in [-0.25, -0.2) is 9.97 Å². The third kappa shape index (κ3) is 3.81. The fraction of sp³-hybridized carbons (Fsp3) is 0.667. The quantitative estimate of drug-likeness (QED) is 0.850. The van der Waals surface area contributed by atoms with Crippen LogP contribution in [0.15, 0.2) is 12.4 Å². The first-order chi connectivity index (χ1) is 12.1. The number of nitrogens with zero attached hydrogens (tertiary/aromatic N) is 4. The highest BCUT2D eigenvalue weighted by Crippen LogP contribution is 2.31. The van der Waals surface area contributed by atoms with E-state index in [1.165, 1.54) is 0 Å². The number of likely N-dealkylation sites (N-methyl/N-ethyl adjacent to an activating group) is 1. The highest BCUT2D eigenvalue weighted by Gasteiger charge is 2.40. The lowest BCUT2D eigenvalue weighted by Gasteiger charge is -2.47. The molecule has 0 saturated carbocycles. The third-order valence-corrected chi connectivity index (χ3v) is 5.30. The van der Waals surface area contributed by atoms with E-state index in [1.807, 2.05) is 23.8 Å². The van der Waals surface area contributed by atoms with Crippen LogP contribution in [0, 0.1) is 5.92 Å². The SMILES string of the molecule is CCc1ncc(C(=O)N2CC[C@@H]3[C@@H](CCC(=O)N3CCNC)C2)cn1. The topological polar surface area (TPSA) is 78.4 Å². The zero-order valence-electron chi connectivity index (χ0n) is 15.1. The summed E-state index contributed by atoms with van der Waals surface area (Å²) in [5.41, 5.74) is 0.551. The van der Waals surface area contributed by atoms with Gasteiger partial charge in [-0.3, -0.25) is 9.59 Å². The van der Waals surface area contributed by atoms with Crippen molar-refractivity contribution in [2.45, 2.75) is 38.6 Å². The van der Waals surface area contributed by atoms with Crippen LogP contribution in [0.25, 0.3) is 0 Å². The van der Waals surface area contributed by atoms with Gasteiger partial charge in [0.05, 0.1) is 5.56 Å². The molecule has 7 heteroatoms. The number of carbonyl (C=O) groups excluding carboxylic acids is 2. The van der Waals surface area contributed by atoms with E-state index >= 15 is 0 Å². The van der Waals surface area contributed by atoms with Gasteiger partial charge in [0, 0.05) is 57.5 Å². The predicted molar refractivity (Wildman–Crippen MR) is 94.1 cm³/mol. The molecular formula is C18H27N5O2. The molecule has 2 atom stereocenters. The predicted octanol–water partition coefficient (Wildman–Crippen LogP) is 0.712. The first-order valence-corrected chi connectivity index (χ1v) is 9.18. The van der Waals surface area contributed by atoms with Crippen LogP contribution in [0.5, 0.6) is 0 Å². The van der Waals surface area contributed by atoms with Crippen molar-refractivity contribution in [1.82, 2.24) is 25.1 Å². The molecule has 0 radical (unpaired) electrons. The van der Waals surface area contributed by atoms with Gasteiger partial charge in [-0.2, -0.15) is 0 Å². The fourth-order valence-electron chi connectivity index (χ4n) is 3.89. The van der Waals surface area contributed by atoms with Crippen molar-refractivity contribution < 1.29 is 9.59 Å². The Bertz CT molecular complexity index is 618. The zero-order valence-corrected chi connectivity index (χ0v) is 15.1. The number of fused-ring (bicyclic) bond motifs is 1. The molecule has 0 aromatic carbocycles. The Morgan fingerprint density at radius 1 is 1.32 bits per heavy atom. The van der Waals surface area contributed by atoms with Crippen molar-refractivity contribution >= 4 is 11.8 Å². The molecule has 0 bridgehead atoms. The second-order valence-electron chi connectivity index (χ2n) is 6.84. The smallest absolute Gasteiger partial charge is 0.257 e. The molecule has 2 aliphatic rings. The lowest BCUT2D eigenvalue weighted by atomic mass is 9.83. The minimum atomic E-state index is -0.000206. The number of rotatable bonds is 5. The van der Waals surface area contributed by atoms with Gasteiger partial charge in [0.2, 0.25) is 5.91 Å². The zero-order chi connectivity index (χ0) is 17.8. The molecule has 0 spiro atoms. The Morgan fingerprint density at radius 3 is 2.76 bits per heavy atom. The summed E-state index contributed by atoms with van der Waals surface area (Å²) in [4.78, 5) is 37.4. The monoisotopic (exact) mass is 345 g/mol. The number of aromatic nitrogens is 2. The maximum absolute atomic E-state index is 12.7. The molecule has 3 rings (SSSR count). The number of hydrogen-bond acceptors (Lipinski definition) is 5. The maximum Gasteiger partial charge on any atom is 0.257 e. The summed E-state index contributed by atoms with van der Waals surface area (Å²) in [5, 5.41) is 3.12. The van der Waals surface area contributed by atoms with Gasteiger partial charge in [-0.15, -0.1) is 0 Å². The molecule has 2 amide bonds. The normalized spacial score (nSPS) is 23.5. The Kier molecular flexibility index (Phi) is 5.63. The Labute approximate surface area is 148 Å². The molecule has 1 N–H and O–H groups in total. The average molecular weight is 345 g/mol. The molecular weight excluding hydrogens is 318 g/mol. The van der Waals surface area contributed by atoms with Crippen LogP contribution in [0.1, 0.15) is 42.4 Å². The molecule has 2 aliphatic heterocycles. The van der Waals surface area contributed by atoms with Gasteiger partial charge in [0.15, 0.2) is 0 Å². The van der Waals surface area contributed by atoms with Crippen molar-refractivity contribution in [2.75, 3.05) is 33.2 Å². The van der Waals surface area contributed by atoms with Gasteiger partial charge in [-0.05, 0) is 25.8 Å². The average Bonchev–Trinajstić information content (AvgIpc) is 2.66. The van der Waals surface area contributed by atoms with E-state index in [2.05, 4.69) is 15.3 Å². The van der Waals surface area contributed by atoms with Crippen LogP contribution in [0.2, 0.25) is 0 Å². The number of aryl methyl sites for hydroxylation is 1. The molecule has 25 heavy (non-hydrogen) atoms. The molecule has 2 fully saturated rings. The molecule has 7 nitrogen and oxygen atoms in total. The van der Waals surface area contributed by atoms with Gasteiger partial charge < -0.3 is 15.1 Å². The summed E-state index contributed by atoms with van der Waals surface area (Å²) in [7, 11) is 1.90.